The van der Waals surface area contributed by atoms with Crippen LogP contribution >= 0.6 is 22.7 Å². The van der Waals surface area contributed by atoms with Crippen LogP contribution in [0.15, 0.2) is 0 Å². The van der Waals surface area contributed by atoms with E-state index in [2.05, 4.69) is 23.6 Å². The summed E-state index contributed by atoms with van der Waals surface area (Å²) in [6.07, 6.45) is 6.65. The summed E-state index contributed by atoms with van der Waals surface area (Å²) in [5.74, 6) is -0.793. The lowest BCUT2D eigenvalue weighted by Gasteiger charge is -2.29. The van der Waals surface area contributed by atoms with E-state index >= 15 is 0 Å². The van der Waals surface area contributed by atoms with Crippen LogP contribution in [0.1, 0.15) is 66.0 Å². The number of fused-ring (bicyclic) bond motifs is 1. The monoisotopic (exact) mass is 433 g/mol. The van der Waals surface area contributed by atoms with Gasteiger partial charge < -0.3 is 14.9 Å². The van der Waals surface area contributed by atoms with E-state index in [0.717, 1.165) is 65.0 Å². The van der Waals surface area contributed by atoms with Crippen LogP contribution in [0.3, 0.4) is 0 Å². The Morgan fingerprint density at radius 2 is 1.90 bits per heavy atom. The summed E-state index contributed by atoms with van der Waals surface area (Å²) < 4.78 is 0. The third-order valence-corrected chi connectivity index (χ3v) is 8.59. The van der Waals surface area contributed by atoms with Gasteiger partial charge in [-0.25, -0.2) is 9.78 Å². The number of anilines is 1. The third kappa shape index (κ3) is 4.23. The third-order valence-electron chi connectivity index (χ3n) is 5.97. The van der Waals surface area contributed by atoms with Gasteiger partial charge in [-0.1, -0.05) is 25.2 Å². The van der Waals surface area contributed by atoms with Crippen molar-refractivity contribution in [3.05, 3.63) is 21.7 Å². The van der Waals surface area contributed by atoms with Crippen molar-refractivity contribution in [3.8, 4) is 9.75 Å². The highest BCUT2D eigenvalue weighted by Gasteiger charge is 2.34. The largest absolute Gasteiger partial charge is 0.478 e. The lowest BCUT2D eigenvalue weighted by Crippen LogP contribution is -2.29. The van der Waals surface area contributed by atoms with E-state index in [0.29, 0.717) is 5.56 Å². The van der Waals surface area contributed by atoms with E-state index in [9.17, 15) is 9.90 Å². The number of piperidine rings is 1. The summed E-state index contributed by atoms with van der Waals surface area (Å²) in [6, 6.07) is 0. The Bertz CT molecular complexity index is 908. The predicted molar refractivity (Wildman–Crippen MR) is 122 cm³/mol. The van der Waals surface area contributed by atoms with E-state index in [4.69, 9.17) is 4.98 Å². The lowest BCUT2D eigenvalue weighted by molar-refractivity contribution is 0.0696. The molecule has 0 radical (unpaired) electrons. The minimum absolute atomic E-state index is 0.161. The number of aromatic nitrogens is 1. The van der Waals surface area contributed by atoms with Crippen LogP contribution in [0.2, 0.25) is 0 Å². The average Bonchev–Trinajstić information content (AvgIpc) is 3.22. The normalized spacial score (nSPS) is 18.9. The molecule has 0 saturated carbocycles. The fraction of sp³-hybridized carbons (Fsp3) is 0.636. The van der Waals surface area contributed by atoms with Crippen molar-refractivity contribution in [2.45, 2.75) is 58.9 Å². The standard InChI is InChI=1S/C22H31N3O2S2/c1-22(2)9-8-16-14(12-22)17(20(26)27)19(28-16)18-15(13-24(3)4)23-21(29-18)25-10-6-5-7-11-25/h5-13H2,1-4H3,(H,26,27). The van der Waals surface area contributed by atoms with Gasteiger partial charge in [-0.05, 0) is 63.6 Å². The summed E-state index contributed by atoms with van der Waals surface area (Å²) >= 11 is 3.39. The molecule has 1 saturated heterocycles. The Morgan fingerprint density at radius 1 is 1.17 bits per heavy atom. The zero-order valence-electron chi connectivity index (χ0n) is 17.9. The quantitative estimate of drug-likeness (QED) is 0.708. The Morgan fingerprint density at radius 3 is 2.55 bits per heavy atom. The van der Waals surface area contributed by atoms with Gasteiger partial charge in [0.2, 0.25) is 0 Å². The molecule has 0 spiro atoms. The second kappa shape index (κ2) is 8.00. The molecule has 1 aliphatic heterocycles. The van der Waals surface area contributed by atoms with Crippen molar-refractivity contribution in [3.63, 3.8) is 0 Å². The van der Waals surface area contributed by atoms with Gasteiger partial charge in [0, 0.05) is 24.5 Å². The van der Waals surface area contributed by atoms with Crippen molar-refractivity contribution < 1.29 is 9.90 Å². The highest BCUT2D eigenvalue weighted by Crippen LogP contribution is 2.48. The SMILES string of the molecule is CN(C)Cc1nc(N2CCCCC2)sc1-c1sc2c(c1C(=O)O)CC(C)(C)CC2. The molecule has 2 aromatic rings. The molecule has 1 fully saturated rings. The van der Waals surface area contributed by atoms with Crippen LogP contribution in [0.5, 0.6) is 0 Å². The van der Waals surface area contributed by atoms with E-state index < -0.39 is 5.97 Å². The molecule has 7 heteroatoms. The first-order valence-corrected chi connectivity index (χ1v) is 12.2. The molecule has 29 heavy (non-hydrogen) atoms. The maximum Gasteiger partial charge on any atom is 0.337 e. The molecule has 1 N–H and O–H groups in total. The summed E-state index contributed by atoms with van der Waals surface area (Å²) in [7, 11) is 4.09. The van der Waals surface area contributed by atoms with Crippen LogP contribution in [-0.2, 0) is 19.4 Å². The van der Waals surface area contributed by atoms with Crippen molar-refractivity contribution in [2.24, 2.45) is 5.41 Å². The molecule has 0 bridgehead atoms. The Labute approximate surface area is 181 Å². The lowest BCUT2D eigenvalue weighted by atomic mass is 9.76. The highest BCUT2D eigenvalue weighted by atomic mass is 32.1. The number of rotatable bonds is 5. The zero-order valence-corrected chi connectivity index (χ0v) is 19.5. The van der Waals surface area contributed by atoms with Crippen molar-refractivity contribution in [2.75, 3.05) is 32.1 Å². The predicted octanol–water partition coefficient (Wildman–Crippen LogP) is 5.14. The maximum absolute atomic E-state index is 12.4. The highest BCUT2D eigenvalue weighted by molar-refractivity contribution is 7.24. The molecule has 5 nitrogen and oxygen atoms in total. The zero-order chi connectivity index (χ0) is 20.8. The molecule has 2 aliphatic rings. The van der Waals surface area contributed by atoms with Crippen LogP contribution in [0.25, 0.3) is 9.75 Å². The molecule has 0 aromatic carbocycles. The van der Waals surface area contributed by atoms with Crippen LogP contribution in [0, 0.1) is 5.41 Å². The number of carboxylic acid groups (broad SMARTS) is 1. The minimum atomic E-state index is -0.793. The van der Waals surface area contributed by atoms with Gasteiger partial charge in [0.05, 0.1) is 21.0 Å². The fourth-order valence-corrected chi connectivity index (χ4v) is 7.04. The van der Waals surface area contributed by atoms with Gasteiger partial charge in [0.15, 0.2) is 5.13 Å². The number of aryl methyl sites for hydroxylation is 1. The molecule has 0 amide bonds. The molecular weight excluding hydrogens is 402 g/mol. The van der Waals surface area contributed by atoms with Crippen LogP contribution < -0.4 is 4.90 Å². The first kappa shape index (κ1) is 20.8. The smallest absolute Gasteiger partial charge is 0.337 e. The van der Waals surface area contributed by atoms with E-state index in [1.54, 1.807) is 22.7 Å². The number of nitrogens with zero attached hydrogens (tertiary/aromatic N) is 3. The molecule has 3 heterocycles. The van der Waals surface area contributed by atoms with Crippen LogP contribution in [0.4, 0.5) is 5.13 Å². The van der Waals surface area contributed by atoms with Gasteiger partial charge in [-0.15, -0.1) is 11.3 Å². The van der Waals surface area contributed by atoms with Crippen molar-refractivity contribution in [1.29, 1.82) is 0 Å². The number of hydrogen-bond donors (Lipinski definition) is 1. The minimum Gasteiger partial charge on any atom is -0.478 e. The number of thiophene rings is 1. The van der Waals surface area contributed by atoms with Crippen molar-refractivity contribution >= 4 is 33.8 Å². The molecule has 0 atom stereocenters. The Hall–Kier alpha value is -1.44. The number of thiazole rings is 1. The van der Waals surface area contributed by atoms with Gasteiger partial charge in [-0.3, -0.25) is 0 Å². The van der Waals surface area contributed by atoms with Crippen LogP contribution in [-0.4, -0.2) is 48.1 Å². The average molecular weight is 434 g/mol. The number of hydrogen-bond acceptors (Lipinski definition) is 6. The fourth-order valence-electron chi connectivity index (χ4n) is 4.45. The van der Waals surface area contributed by atoms with Gasteiger partial charge in [0.25, 0.3) is 0 Å². The first-order chi connectivity index (χ1) is 13.7. The van der Waals surface area contributed by atoms with E-state index in [1.807, 2.05) is 14.1 Å². The Balaban J connectivity index is 1.82. The summed E-state index contributed by atoms with van der Waals surface area (Å²) in [4.78, 5) is 25.1. The van der Waals surface area contributed by atoms with Crippen molar-refractivity contribution in [1.82, 2.24) is 9.88 Å². The summed E-state index contributed by atoms with van der Waals surface area (Å²) in [5, 5.41) is 11.2. The number of carbonyl (C=O) groups is 1. The van der Waals surface area contributed by atoms with E-state index in [1.165, 1.54) is 24.1 Å². The second-order valence-corrected chi connectivity index (χ2v) is 11.5. The van der Waals surface area contributed by atoms with E-state index in [-0.39, 0.29) is 5.41 Å². The molecular formula is C22H31N3O2S2. The topological polar surface area (TPSA) is 56.7 Å². The maximum atomic E-state index is 12.4. The summed E-state index contributed by atoms with van der Waals surface area (Å²) in [6.45, 7) is 7.33. The Kier molecular flexibility index (Phi) is 5.75. The summed E-state index contributed by atoms with van der Waals surface area (Å²) in [5.41, 5.74) is 2.78. The molecule has 1 aliphatic carbocycles. The molecule has 2 aromatic heterocycles. The van der Waals surface area contributed by atoms with Gasteiger partial charge >= 0.3 is 5.97 Å². The molecule has 0 unspecified atom stereocenters. The molecule has 4 rings (SSSR count). The van der Waals surface area contributed by atoms with Gasteiger partial charge in [0.1, 0.15) is 0 Å². The second-order valence-electron chi connectivity index (χ2n) is 9.41. The number of carboxylic acids is 1. The molecule has 158 valence electrons. The first-order valence-electron chi connectivity index (χ1n) is 10.5. The number of aromatic carboxylic acids is 1. The van der Waals surface area contributed by atoms with Gasteiger partial charge in [-0.2, -0.15) is 0 Å².